The SMILES string of the molecule is CC1(C)CC2(CC(C)(C)N1)NCCC(C(F)F)O2. The molecule has 0 aromatic carbocycles. The zero-order valence-electron chi connectivity index (χ0n) is 11.6. The second-order valence-electron chi connectivity index (χ2n) is 6.95. The van der Waals surface area contributed by atoms with Gasteiger partial charge < -0.3 is 10.1 Å². The third-order valence-corrected chi connectivity index (χ3v) is 3.67. The highest BCUT2D eigenvalue weighted by Gasteiger charge is 2.51. The summed E-state index contributed by atoms with van der Waals surface area (Å²) in [5.41, 5.74) is -0.866. The molecular formula is C13H24F2N2O. The van der Waals surface area contributed by atoms with Crippen LogP contribution in [-0.4, -0.2) is 35.9 Å². The van der Waals surface area contributed by atoms with Crippen molar-refractivity contribution in [3.8, 4) is 0 Å². The second-order valence-corrected chi connectivity index (χ2v) is 6.95. The number of ether oxygens (including phenoxy) is 1. The van der Waals surface area contributed by atoms with E-state index < -0.39 is 18.3 Å². The van der Waals surface area contributed by atoms with Crippen LogP contribution in [-0.2, 0) is 4.74 Å². The van der Waals surface area contributed by atoms with Crippen LogP contribution in [0.5, 0.6) is 0 Å². The minimum Gasteiger partial charge on any atom is -0.351 e. The van der Waals surface area contributed by atoms with Gasteiger partial charge in [0, 0.05) is 30.5 Å². The van der Waals surface area contributed by atoms with E-state index in [-0.39, 0.29) is 11.1 Å². The van der Waals surface area contributed by atoms with Gasteiger partial charge >= 0.3 is 0 Å². The van der Waals surface area contributed by atoms with Crippen molar-refractivity contribution in [2.45, 2.75) is 76.3 Å². The fraction of sp³-hybridized carbons (Fsp3) is 1.00. The molecule has 2 fully saturated rings. The third-order valence-electron chi connectivity index (χ3n) is 3.67. The lowest BCUT2D eigenvalue weighted by Gasteiger charge is -2.55. The van der Waals surface area contributed by atoms with Gasteiger partial charge in [0.05, 0.1) is 0 Å². The van der Waals surface area contributed by atoms with Crippen LogP contribution in [0.1, 0.15) is 47.0 Å². The maximum atomic E-state index is 12.9. The van der Waals surface area contributed by atoms with Gasteiger partial charge in [-0.25, -0.2) is 8.78 Å². The van der Waals surface area contributed by atoms with Crippen LogP contribution in [0.25, 0.3) is 0 Å². The number of hydrogen-bond acceptors (Lipinski definition) is 3. The Balaban J connectivity index is 2.19. The first-order valence-corrected chi connectivity index (χ1v) is 6.64. The van der Waals surface area contributed by atoms with Crippen LogP contribution in [0, 0.1) is 0 Å². The lowest BCUT2D eigenvalue weighted by atomic mass is 9.76. The zero-order valence-corrected chi connectivity index (χ0v) is 11.6. The van der Waals surface area contributed by atoms with E-state index in [1.807, 2.05) is 0 Å². The van der Waals surface area contributed by atoms with Crippen molar-refractivity contribution < 1.29 is 13.5 Å². The molecular weight excluding hydrogens is 238 g/mol. The van der Waals surface area contributed by atoms with Crippen molar-refractivity contribution in [1.29, 1.82) is 0 Å². The summed E-state index contributed by atoms with van der Waals surface area (Å²) in [6.07, 6.45) is -1.55. The van der Waals surface area contributed by atoms with E-state index in [9.17, 15) is 8.78 Å². The molecule has 2 aliphatic rings. The van der Waals surface area contributed by atoms with Crippen molar-refractivity contribution in [2.75, 3.05) is 6.54 Å². The maximum absolute atomic E-state index is 12.9. The molecule has 2 heterocycles. The van der Waals surface area contributed by atoms with Crippen molar-refractivity contribution in [1.82, 2.24) is 10.6 Å². The van der Waals surface area contributed by atoms with Crippen LogP contribution in [0.4, 0.5) is 8.78 Å². The standard InChI is InChI=1S/C13H24F2N2O/c1-11(2)7-13(8-12(3,4)17-11)16-6-5-9(18-13)10(14)15/h9-10,16-17H,5-8H2,1-4H3. The fourth-order valence-corrected chi connectivity index (χ4v) is 3.71. The number of piperidine rings is 1. The van der Waals surface area contributed by atoms with Crippen LogP contribution in [0.3, 0.4) is 0 Å². The van der Waals surface area contributed by atoms with Crippen LogP contribution in [0.15, 0.2) is 0 Å². The molecule has 0 amide bonds. The number of hydrogen-bond donors (Lipinski definition) is 2. The average molecular weight is 262 g/mol. The summed E-state index contributed by atoms with van der Waals surface area (Å²) >= 11 is 0. The van der Waals surface area contributed by atoms with E-state index >= 15 is 0 Å². The molecule has 2 rings (SSSR count). The molecule has 1 unspecified atom stereocenters. The van der Waals surface area contributed by atoms with E-state index in [0.717, 1.165) is 0 Å². The van der Waals surface area contributed by atoms with E-state index in [4.69, 9.17) is 4.74 Å². The van der Waals surface area contributed by atoms with Gasteiger partial charge in [0.25, 0.3) is 6.43 Å². The average Bonchev–Trinajstić information content (AvgIpc) is 2.11. The van der Waals surface area contributed by atoms with E-state index in [2.05, 4.69) is 38.3 Å². The second kappa shape index (κ2) is 4.39. The largest absolute Gasteiger partial charge is 0.351 e. The zero-order chi connectivity index (χ0) is 13.6. The van der Waals surface area contributed by atoms with Gasteiger partial charge in [-0.2, -0.15) is 0 Å². The Kier molecular flexibility index (Phi) is 3.45. The van der Waals surface area contributed by atoms with Gasteiger partial charge in [0.1, 0.15) is 11.8 Å². The smallest absolute Gasteiger partial charge is 0.264 e. The molecule has 0 radical (unpaired) electrons. The summed E-state index contributed by atoms with van der Waals surface area (Å²) in [5.74, 6) is 0. The summed E-state index contributed by atoms with van der Waals surface area (Å²) in [6, 6.07) is 0. The number of halogens is 2. The monoisotopic (exact) mass is 262 g/mol. The molecule has 1 atom stereocenters. The van der Waals surface area contributed by atoms with Gasteiger partial charge in [-0.1, -0.05) is 0 Å². The van der Waals surface area contributed by atoms with Crippen molar-refractivity contribution in [3.63, 3.8) is 0 Å². The van der Waals surface area contributed by atoms with E-state index in [1.54, 1.807) is 0 Å². The molecule has 106 valence electrons. The van der Waals surface area contributed by atoms with Gasteiger partial charge in [0.2, 0.25) is 0 Å². The molecule has 0 aliphatic carbocycles. The summed E-state index contributed by atoms with van der Waals surface area (Å²) in [5, 5.41) is 6.88. The normalized spacial score (nSPS) is 33.8. The Morgan fingerprint density at radius 1 is 1.11 bits per heavy atom. The van der Waals surface area contributed by atoms with E-state index in [1.165, 1.54) is 0 Å². The molecule has 2 N–H and O–H groups in total. The third kappa shape index (κ3) is 3.00. The lowest BCUT2D eigenvalue weighted by Crippen LogP contribution is -2.70. The molecule has 5 heteroatoms. The molecule has 0 saturated carbocycles. The van der Waals surface area contributed by atoms with Crippen LogP contribution >= 0.6 is 0 Å². The Hall–Kier alpha value is -0.260. The molecule has 0 aromatic heterocycles. The van der Waals surface area contributed by atoms with E-state index in [0.29, 0.717) is 25.8 Å². The number of nitrogens with one attached hydrogen (secondary N) is 2. The quantitative estimate of drug-likeness (QED) is 0.760. The van der Waals surface area contributed by atoms with Crippen LogP contribution < -0.4 is 10.6 Å². The minimum absolute atomic E-state index is 0.126. The summed E-state index contributed by atoms with van der Waals surface area (Å²) < 4.78 is 31.5. The van der Waals surface area contributed by atoms with Crippen molar-refractivity contribution >= 4 is 0 Å². The first-order chi connectivity index (χ1) is 8.13. The first kappa shape index (κ1) is 14.2. The Labute approximate surface area is 108 Å². The fourth-order valence-electron chi connectivity index (χ4n) is 3.71. The molecule has 0 aromatic rings. The Morgan fingerprint density at radius 3 is 2.17 bits per heavy atom. The molecule has 3 nitrogen and oxygen atoms in total. The predicted octanol–water partition coefficient (Wildman–Crippen LogP) is 2.27. The van der Waals surface area contributed by atoms with Gasteiger partial charge in [-0.3, -0.25) is 5.32 Å². The molecule has 2 saturated heterocycles. The van der Waals surface area contributed by atoms with Gasteiger partial charge in [-0.05, 0) is 34.1 Å². The Bertz CT molecular complexity index is 302. The highest BCUT2D eigenvalue weighted by atomic mass is 19.3. The predicted molar refractivity (Wildman–Crippen MR) is 66.8 cm³/mol. The Morgan fingerprint density at radius 2 is 1.67 bits per heavy atom. The first-order valence-electron chi connectivity index (χ1n) is 6.64. The molecule has 1 spiro atoms. The highest BCUT2D eigenvalue weighted by Crippen LogP contribution is 2.39. The summed E-state index contributed by atoms with van der Waals surface area (Å²) in [4.78, 5) is 0. The van der Waals surface area contributed by atoms with Crippen molar-refractivity contribution in [2.24, 2.45) is 0 Å². The molecule has 0 bridgehead atoms. The van der Waals surface area contributed by atoms with Gasteiger partial charge in [0.15, 0.2) is 0 Å². The number of alkyl halides is 2. The number of rotatable bonds is 1. The summed E-state index contributed by atoms with van der Waals surface area (Å²) in [7, 11) is 0. The topological polar surface area (TPSA) is 33.3 Å². The van der Waals surface area contributed by atoms with Crippen LogP contribution in [0.2, 0.25) is 0 Å². The van der Waals surface area contributed by atoms with Gasteiger partial charge in [-0.15, -0.1) is 0 Å². The lowest BCUT2D eigenvalue weighted by molar-refractivity contribution is -0.214. The molecule has 2 aliphatic heterocycles. The maximum Gasteiger partial charge on any atom is 0.264 e. The summed E-state index contributed by atoms with van der Waals surface area (Å²) in [6.45, 7) is 8.96. The van der Waals surface area contributed by atoms with Crippen molar-refractivity contribution in [3.05, 3.63) is 0 Å². The molecule has 18 heavy (non-hydrogen) atoms. The highest BCUT2D eigenvalue weighted by molar-refractivity contribution is 5.05. The minimum atomic E-state index is -2.40.